The van der Waals surface area contributed by atoms with Crippen LogP contribution in [-0.4, -0.2) is 43.3 Å². The Balaban J connectivity index is 1.62. The van der Waals surface area contributed by atoms with E-state index in [0.717, 1.165) is 10.6 Å². The topological polar surface area (TPSA) is 69.7 Å². The molecular formula is C18H21N3O3. The van der Waals surface area contributed by atoms with Crippen molar-refractivity contribution in [3.05, 3.63) is 36.4 Å². The highest BCUT2D eigenvalue weighted by molar-refractivity contribution is 6.08. The van der Waals surface area contributed by atoms with Gasteiger partial charge in [-0.1, -0.05) is 12.2 Å². The van der Waals surface area contributed by atoms with Gasteiger partial charge in [-0.25, -0.2) is 0 Å². The summed E-state index contributed by atoms with van der Waals surface area (Å²) in [7, 11) is 3.87. The number of hydrogen-bond acceptors (Lipinski definition) is 4. The Morgan fingerprint density at radius 2 is 1.62 bits per heavy atom. The van der Waals surface area contributed by atoms with Crippen molar-refractivity contribution in [3.63, 3.8) is 0 Å². The molecule has 0 saturated carbocycles. The number of fused-ring (bicyclic) bond motifs is 1. The molecule has 1 saturated heterocycles. The molecule has 1 aromatic rings. The van der Waals surface area contributed by atoms with Crippen molar-refractivity contribution in [3.8, 4) is 0 Å². The fraction of sp³-hybridized carbons (Fsp3) is 0.389. The Morgan fingerprint density at radius 3 is 2.12 bits per heavy atom. The minimum Gasteiger partial charge on any atom is -0.378 e. The highest BCUT2D eigenvalue weighted by atomic mass is 16.2. The number of imide groups is 1. The van der Waals surface area contributed by atoms with E-state index in [1.807, 2.05) is 43.3 Å². The smallest absolute Gasteiger partial charge is 0.244 e. The van der Waals surface area contributed by atoms with Crippen LogP contribution >= 0.6 is 0 Å². The molecule has 24 heavy (non-hydrogen) atoms. The summed E-state index contributed by atoms with van der Waals surface area (Å²) in [4.78, 5) is 40.0. The SMILES string of the molecule is CN(C)c1ccc(NC(=O)CN2C(=O)[C@H]3CC=CC[C@@H]3C2=O)cc1. The van der Waals surface area contributed by atoms with Gasteiger partial charge in [-0.3, -0.25) is 19.3 Å². The van der Waals surface area contributed by atoms with Crippen molar-refractivity contribution < 1.29 is 14.4 Å². The van der Waals surface area contributed by atoms with Crippen LogP contribution in [0.5, 0.6) is 0 Å². The van der Waals surface area contributed by atoms with E-state index in [-0.39, 0.29) is 36.1 Å². The Labute approximate surface area is 141 Å². The third-order valence-corrected chi connectivity index (χ3v) is 4.57. The van der Waals surface area contributed by atoms with E-state index in [4.69, 9.17) is 0 Å². The predicted octanol–water partition coefficient (Wildman–Crippen LogP) is 1.64. The number of carbonyl (C=O) groups is 3. The first-order valence-electron chi connectivity index (χ1n) is 8.05. The lowest BCUT2D eigenvalue weighted by Gasteiger charge is -2.15. The average Bonchev–Trinajstić information content (AvgIpc) is 2.81. The molecule has 1 aromatic carbocycles. The molecule has 1 heterocycles. The molecule has 0 spiro atoms. The molecule has 6 nitrogen and oxygen atoms in total. The summed E-state index contributed by atoms with van der Waals surface area (Å²) >= 11 is 0. The molecular weight excluding hydrogens is 306 g/mol. The summed E-state index contributed by atoms with van der Waals surface area (Å²) in [6.45, 7) is -0.222. The molecule has 6 heteroatoms. The van der Waals surface area contributed by atoms with Crippen LogP contribution < -0.4 is 10.2 Å². The molecule has 1 fully saturated rings. The van der Waals surface area contributed by atoms with Crippen LogP contribution in [0.15, 0.2) is 36.4 Å². The number of likely N-dealkylation sites (tertiary alicyclic amines) is 1. The standard InChI is InChI=1S/C18H21N3O3/c1-20(2)13-9-7-12(8-10-13)19-16(22)11-21-17(23)14-5-3-4-6-15(14)18(21)24/h3-4,7-10,14-15H,5-6,11H2,1-2H3,(H,19,22)/t14-,15-/m0/s1. The highest BCUT2D eigenvalue weighted by Crippen LogP contribution is 2.34. The van der Waals surface area contributed by atoms with Gasteiger partial charge in [0, 0.05) is 25.5 Å². The van der Waals surface area contributed by atoms with Gasteiger partial charge in [-0.2, -0.15) is 0 Å². The number of rotatable bonds is 4. The lowest BCUT2D eigenvalue weighted by molar-refractivity contribution is -0.142. The quantitative estimate of drug-likeness (QED) is 0.674. The third kappa shape index (κ3) is 3.04. The second kappa shape index (κ2) is 6.47. The van der Waals surface area contributed by atoms with Gasteiger partial charge in [-0.05, 0) is 37.1 Å². The zero-order valence-corrected chi connectivity index (χ0v) is 13.9. The number of amides is 3. The van der Waals surface area contributed by atoms with E-state index in [1.165, 1.54) is 0 Å². The van der Waals surface area contributed by atoms with Crippen molar-refractivity contribution in [2.24, 2.45) is 11.8 Å². The Kier molecular flexibility index (Phi) is 4.38. The van der Waals surface area contributed by atoms with Crippen LogP contribution in [0.1, 0.15) is 12.8 Å². The molecule has 3 amide bonds. The number of nitrogens with zero attached hydrogens (tertiary/aromatic N) is 2. The number of carbonyl (C=O) groups excluding carboxylic acids is 3. The number of benzene rings is 1. The lowest BCUT2D eigenvalue weighted by atomic mass is 9.85. The van der Waals surface area contributed by atoms with Gasteiger partial charge in [0.05, 0.1) is 11.8 Å². The maximum Gasteiger partial charge on any atom is 0.244 e. The third-order valence-electron chi connectivity index (χ3n) is 4.57. The monoisotopic (exact) mass is 327 g/mol. The van der Waals surface area contributed by atoms with Gasteiger partial charge in [0.15, 0.2) is 0 Å². The van der Waals surface area contributed by atoms with E-state index < -0.39 is 0 Å². The van der Waals surface area contributed by atoms with Crippen LogP contribution in [-0.2, 0) is 14.4 Å². The molecule has 0 unspecified atom stereocenters. The fourth-order valence-corrected chi connectivity index (χ4v) is 3.21. The van der Waals surface area contributed by atoms with Crippen LogP contribution in [0.2, 0.25) is 0 Å². The van der Waals surface area contributed by atoms with E-state index in [9.17, 15) is 14.4 Å². The summed E-state index contributed by atoms with van der Waals surface area (Å²) in [6, 6.07) is 7.37. The van der Waals surface area contributed by atoms with Gasteiger partial charge < -0.3 is 10.2 Å². The summed E-state index contributed by atoms with van der Waals surface area (Å²) in [6.07, 6.45) is 5.03. The van der Waals surface area contributed by atoms with Crippen LogP contribution in [0.25, 0.3) is 0 Å². The highest BCUT2D eigenvalue weighted by Gasteiger charge is 2.47. The number of nitrogens with one attached hydrogen (secondary N) is 1. The molecule has 2 aliphatic rings. The molecule has 126 valence electrons. The minimum atomic E-state index is -0.360. The maximum atomic E-state index is 12.3. The van der Waals surface area contributed by atoms with Crippen LogP contribution in [0.3, 0.4) is 0 Å². The van der Waals surface area contributed by atoms with E-state index in [0.29, 0.717) is 18.5 Å². The van der Waals surface area contributed by atoms with Crippen molar-refractivity contribution in [2.75, 3.05) is 30.9 Å². The van der Waals surface area contributed by atoms with Gasteiger partial charge in [0.25, 0.3) is 0 Å². The second-order valence-electron chi connectivity index (χ2n) is 6.41. The molecule has 2 atom stereocenters. The Hall–Kier alpha value is -2.63. The summed E-state index contributed by atoms with van der Waals surface area (Å²) < 4.78 is 0. The van der Waals surface area contributed by atoms with Crippen molar-refractivity contribution in [1.82, 2.24) is 4.90 Å². The largest absolute Gasteiger partial charge is 0.378 e. The lowest BCUT2D eigenvalue weighted by Crippen LogP contribution is -2.38. The molecule has 1 aliphatic carbocycles. The van der Waals surface area contributed by atoms with E-state index in [1.54, 1.807) is 12.1 Å². The van der Waals surface area contributed by atoms with Gasteiger partial charge in [0.1, 0.15) is 6.54 Å². The molecule has 0 radical (unpaired) electrons. The molecule has 3 rings (SSSR count). The van der Waals surface area contributed by atoms with Crippen molar-refractivity contribution in [2.45, 2.75) is 12.8 Å². The first-order chi connectivity index (χ1) is 11.5. The predicted molar refractivity (Wildman–Crippen MR) is 91.5 cm³/mol. The molecule has 0 aromatic heterocycles. The molecule has 1 N–H and O–H groups in total. The van der Waals surface area contributed by atoms with E-state index in [2.05, 4.69) is 5.32 Å². The Morgan fingerprint density at radius 1 is 1.08 bits per heavy atom. The maximum absolute atomic E-state index is 12.3. The molecule has 1 aliphatic heterocycles. The minimum absolute atomic E-state index is 0.222. The van der Waals surface area contributed by atoms with Gasteiger partial charge in [0.2, 0.25) is 17.7 Å². The second-order valence-corrected chi connectivity index (χ2v) is 6.41. The van der Waals surface area contributed by atoms with Crippen LogP contribution in [0, 0.1) is 11.8 Å². The zero-order chi connectivity index (χ0) is 17.3. The van der Waals surface area contributed by atoms with Crippen molar-refractivity contribution >= 4 is 29.1 Å². The van der Waals surface area contributed by atoms with Gasteiger partial charge >= 0.3 is 0 Å². The molecule has 0 bridgehead atoms. The van der Waals surface area contributed by atoms with Crippen molar-refractivity contribution in [1.29, 1.82) is 0 Å². The van der Waals surface area contributed by atoms with Gasteiger partial charge in [-0.15, -0.1) is 0 Å². The van der Waals surface area contributed by atoms with E-state index >= 15 is 0 Å². The zero-order valence-electron chi connectivity index (χ0n) is 13.9. The van der Waals surface area contributed by atoms with Crippen LogP contribution in [0.4, 0.5) is 11.4 Å². The summed E-state index contributed by atoms with van der Waals surface area (Å²) in [5, 5.41) is 2.74. The first-order valence-corrected chi connectivity index (χ1v) is 8.05. The average molecular weight is 327 g/mol. The number of allylic oxidation sites excluding steroid dienone is 2. The summed E-state index contributed by atoms with van der Waals surface area (Å²) in [5.41, 5.74) is 1.67. The normalized spacial score (nSPS) is 22.5. The first kappa shape index (κ1) is 16.2. The number of hydrogen-bond donors (Lipinski definition) is 1. The Bertz CT molecular complexity index is 668. The summed E-state index contributed by atoms with van der Waals surface area (Å²) in [5.74, 6) is -1.41. The fourth-order valence-electron chi connectivity index (χ4n) is 3.21. The number of anilines is 2.